The standard InChI is InChI=1S/C11H22N2O4Si/c1-5-6-7-8-9-16-10(14)12-13-11(15)17-18(2,3)4/h5-9H2,1-4H3/b13-12+. The summed E-state index contributed by atoms with van der Waals surface area (Å²) in [5.74, 6) is 0. The van der Waals surface area contributed by atoms with Gasteiger partial charge in [-0.1, -0.05) is 36.4 Å². The van der Waals surface area contributed by atoms with Crippen LogP contribution < -0.4 is 0 Å². The Balaban J connectivity index is 3.77. The van der Waals surface area contributed by atoms with E-state index in [9.17, 15) is 9.59 Å². The van der Waals surface area contributed by atoms with Crippen LogP contribution in [0, 0.1) is 0 Å². The third-order valence-electron chi connectivity index (χ3n) is 1.83. The van der Waals surface area contributed by atoms with Gasteiger partial charge in [0.1, 0.15) is 0 Å². The zero-order valence-electron chi connectivity index (χ0n) is 11.6. The van der Waals surface area contributed by atoms with Gasteiger partial charge in [-0.2, -0.15) is 0 Å². The molecule has 0 spiro atoms. The third kappa shape index (κ3) is 11.2. The number of rotatable bonds is 6. The number of amides is 2. The van der Waals surface area contributed by atoms with Gasteiger partial charge in [-0.3, -0.25) is 0 Å². The number of unbranched alkanes of at least 4 members (excludes halogenated alkanes) is 3. The molecule has 104 valence electrons. The number of hydrogen-bond donors (Lipinski definition) is 0. The Morgan fingerprint density at radius 2 is 1.61 bits per heavy atom. The number of carbonyl (C=O) groups excluding carboxylic acids is 2. The van der Waals surface area contributed by atoms with Crippen molar-refractivity contribution in [3.8, 4) is 0 Å². The Bertz CT molecular complexity index is 300. The van der Waals surface area contributed by atoms with Crippen LogP contribution in [0.1, 0.15) is 32.6 Å². The second-order valence-corrected chi connectivity index (χ2v) is 9.28. The summed E-state index contributed by atoms with van der Waals surface area (Å²) in [5, 5.41) is 6.29. The highest BCUT2D eigenvalue weighted by atomic mass is 28.4. The van der Waals surface area contributed by atoms with E-state index in [1.807, 2.05) is 19.6 Å². The fraction of sp³-hybridized carbons (Fsp3) is 0.818. The predicted octanol–water partition coefficient (Wildman–Crippen LogP) is 4.13. The van der Waals surface area contributed by atoms with E-state index >= 15 is 0 Å². The zero-order valence-corrected chi connectivity index (χ0v) is 12.6. The number of azo groups is 1. The summed E-state index contributed by atoms with van der Waals surface area (Å²) >= 11 is 0. The van der Waals surface area contributed by atoms with Gasteiger partial charge in [0.15, 0.2) is 0 Å². The van der Waals surface area contributed by atoms with Gasteiger partial charge in [0.2, 0.25) is 8.32 Å². The molecule has 0 radical (unpaired) electrons. The Labute approximate surface area is 109 Å². The van der Waals surface area contributed by atoms with E-state index in [0.717, 1.165) is 25.7 Å². The van der Waals surface area contributed by atoms with E-state index in [1.165, 1.54) is 0 Å². The summed E-state index contributed by atoms with van der Waals surface area (Å²) < 4.78 is 9.75. The van der Waals surface area contributed by atoms with E-state index in [1.54, 1.807) is 0 Å². The molecular weight excluding hydrogens is 252 g/mol. The molecule has 2 amide bonds. The molecule has 0 fully saturated rings. The Hall–Kier alpha value is -1.24. The van der Waals surface area contributed by atoms with Crippen LogP contribution in [0.4, 0.5) is 9.59 Å². The summed E-state index contributed by atoms with van der Waals surface area (Å²) in [6.45, 7) is 7.93. The van der Waals surface area contributed by atoms with Gasteiger partial charge in [-0.05, 0) is 26.1 Å². The number of ether oxygens (including phenoxy) is 1. The van der Waals surface area contributed by atoms with Crippen LogP contribution >= 0.6 is 0 Å². The summed E-state index contributed by atoms with van der Waals surface area (Å²) in [4.78, 5) is 22.2. The summed E-state index contributed by atoms with van der Waals surface area (Å²) in [6.07, 6.45) is 2.36. The van der Waals surface area contributed by atoms with Gasteiger partial charge in [-0.25, -0.2) is 9.59 Å². The molecule has 0 aromatic carbocycles. The minimum atomic E-state index is -1.99. The van der Waals surface area contributed by atoms with Crippen molar-refractivity contribution in [1.29, 1.82) is 0 Å². The molecule has 0 saturated heterocycles. The Kier molecular flexibility index (Phi) is 8.18. The third-order valence-corrected chi connectivity index (χ3v) is 2.62. The molecule has 0 aliphatic rings. The molecule has 0 aromatic heterocycles. The van der Waals surface area contributed by atoms with E-state index in [0.29, 0.717) is 6.61 Å². The van der Waals surface area contributed by atoms with Gasteiger partial charge in [-0.15, -0.1) is 0 Å². The quantitative estimate of drug-likeness (QED) is 0.414. The molecule has 0 aliphatic heterocycles. The van der Waals surface area contributed by atoms with Crippen molar-refractivity contribution < 1.29 is 18.8 Å². The van der Waals surface area contributed by atoms with Gasteiger partial charge in [0, 0.05) is 0 Å². The first-order valence-corrected chi connectivity index (χ1v) is 9.57. The number of hydrogen-bond acceptors (Lipinski definition) is 4. The maximum absolute atomic E-state index is 11.1. The smallest absolute Gasteiger partial charge is 0.452 e. The van der Waals surface area contributed by atoms with Gasteiger partial charge in [0.05, 0.1) is 6.61 Å². The average molecular weight is 274 g/mol. The van der Waals surface area contributed by atoms with Crippen molar-refractivity contribution in [1.82, 2.24) is 0 Å². The normalized spacial score (nSPS) is 11.6. The lowest BCUT2D eigenvalue weighted by Gasteiger charge is -2.13. The topological polar surface area (TPSA) is 77.3 Å². The minimum Gasteiger partial charge on any atom is -0.502 e. The molecular formula is C11H22N2O4Si. The molecule has 0 aliphatic carbocycles. The van der Waals surface area contributed by atoms with Crippen LogP contribution in [0.3, 0.4) is 0 Å². The highest BCUT2D eigenvalue weighted by molar-refractivity contribution is 6.71. The Morgan fingerprint density at radius 3 is 2.17 bits per heavy atom. The van der Waals surface area contributed by atoms with Crippen LogP contribution in [-0.2, 0) is 9.16 Å². The fourth-order valence-corrected chi connectivity index (χ4v) is 1.65. The van der Waals surface area contributed by atoms with E-state index in [4.69, 9.17) is 9.16 Å². The predicted molar refractivity (Wildman–Crippen MR) is 70.2 cm³/mol. The second-order valence-electron chi connectivity index (χ2n) is 4.86. The largest absolute Gasteiger partial charge is 0.502 e. The van der Waals surface area contributed by atoms with Crippen molar-refractivity contribution >= 4 is 20.5 Å². The molecule has 0 aromatic rings. The molecule has 6 nitrogen and oxygen atoms in total. The molecule has 0 bridgehead atoms. The molecule has 18 heavy (non-hydrogen) atoms. The highest BCUT2D eigenvalue weighted by Gasteiger charge is 2.19. The molecule has 0 rings (SSSR count). The summed E-state index contributed by atoms with van der Waals surface area (Å²) in [7, 11) is -1.99. The van der Waals surface area contributed by atoms with Gasteiger partial charge in [0.25, 0.3) is 0 Å². The first kappa shape index (κ1) is 16.8. The molecule has 0 N–H and O–H groups in total. The minimum absolute atomic E-state index is 0.306. The molecule has 0 atom stereocenters. The monoisotopic (exact) mass is 274 g/mol. The van der Waals surface area contributed by atoms with E-state index in [-0.39, 0.29) is 0 Å². The van der Waals surface area contributed by atoms with Crippen molar-refractivity contribution in [2.24, 2.45) is 10.2 Å². The number of nitrogens with zero attached hydrogens (tertiary/aromatic N) is 2. The van der Waals surface area contributed by atoms with Crippen LogP contribution in [0.25, 0.3) is 0 Å². The lowest BCUT2D eigenvalue weighted by Crippen LogP contribution is -2.27. The van der Waals surface area contributed by atoms with Crippen molar-refractivity contribution in [2.75, 3.05) is 6.61 Å². The lowest BCUT2D eigenvalue weighted by atomic mass is 10.2. The maximum Gasteiger partial charge on any atom is 0.452 e. The maximum atomic E-state index is 11.1. The van der Waals surface area contributed by atoms with Crippen molar-refractivity contribution in [3.63, 3.8) is 0 Å². The number of carbonyl (C=O) groups is 2. The van der Waals surface area contributed by atoms with Crippen LogP contribution in [0.15, 0.2) is 10.2 Å². The van der Waals surface area contributed by atoms with Crippen LogP contribution in [0.2, 0.25) is 19.6 Å². The van der Waals surface area contributed by atoms with Crippen LogP contribution in [-0.4, -0.2) is 27.1 Å². The van der Waals surface area contributed by atoms with Gasteiger partial charge < -0.3 is 9.16 Å². The van der Waals surface area contributed by atoms with Gasteiger partial charge >= 0.3 is 12.2 Å². The highest BCUT2D eigenvalue weighted by Crippen LogP contribution is 2.04. The first-order valence-electron chi connectivity index (χ1n) is 6.16. The Morgan fingerprint density at radius 1 is 1.00 bits per heavy atom. The lowest BCUT2D eigenvalue weighted by molar-refractivity contribution is 0.151. The first-order chi connectivity index (χ1) is 8.35. The van der Waals surface area contributed by atoms with E-state index < -0.39 is 20.5 Å². The van der Waals surface area contributed by atoms with E-state index in [2.05, 4.69) is 17.2 Å². The summed E-state index contributed by atoms with van der Waals surface area (Å²) in [5.41, 5.74) is 0. The molecule has 0 heterocycles. The zero-order chi connectivity index (χ0) is 14.0. The SMILES string of the molecule is CCCCCCOC(=O)/N=N/C(=O)O[Si](C)(C)C. The molecule has 0 saturated carbocycles. The van der Waals surface area contributed by atoms with Crippen molar-refractivity contribution in [3.05, 3.63) is 0 Å². The van der Waals surface area contributed by atoms with Crippen molar-refractivity contribution in [2.45, 2.75) is 52.2 Å². The summed E-state index contributed by atoms with van der Waals surface area (Å²) in [6, 6.07) is 0. The molecule has 0 unspecified atom stereocenters. The second kappa shape index (κ2) is 8.79. The fourth-order valence-electron chi connectivity index (χ4n) is 1.08. The molecule has 7 heteroatoms. The average Bonchev–Trinajstić information content (AvgIpc) is 2.24. The van der Waals surface area contributed by atoms with Crippen LogP contribution in [0.5, 0.6) is 0 Å².